The van der Waals surface area contributed by atoms with Crippen molar-refractivity contribution < 1.29 is 0 Å². The van der Waals surface area contributed by atoms with Crippen LogP contribution in [-0.2, 0) is 6.54 Å². The van der Waals surface area contributed by atoms with Gasteiger partial charge in [-0.25, -0.2) is 15.4 Å². The fraction of sp³-hybridized carbons (Fsp3) is 0.158. The molecule has 27 heavy (non-hydrogen) atoms. The van der Waals surface area contributed by atoms with E-state index < -0.39 is 0 Å². The second-order valence-corrected chi connectivity index (χ2v) is 5.80. The predicted octanol–water partition coefficient (Wildman–Crippen LogP) is 1.96. The average Bonchev–Trinajstić information content (AvgIpc) is 2.71. The standard InChI is InChI=1S/C19H22N8/c1-22-11-13(10-20)16-8-6-15(21)19(26-16)27(23-2)12-14-5-7-17-18(25-14)4-3-9-24-17/h3-11,20,22-23H,12,21H2,1-2H3/b13-11+,20-10?. The highest BCUT2D eigenvalue weighted by Crippen LogP contribution is 2.23. The molecule has 0 bridgehead atoms. The summed E-state index contributed by atoms with van der Waals surface area (Å²) in [4.78, 5) is 13.6. The Morgan fingerprint density at radius 2 is 2.00 bits per heavy atom. The summed E-state index contributed by atoms with van der Waals surface area (Å²) in [5.41, 5.74) is 13.7. The van der Waals surface area contributed by atoms with Gasteiger partial charge in [0.05, 0.1) is 34.7 Å². The Bertz CT molecular complexity index is 982. The first-order valence-electron chi connectivity index (χ1n) is 8.46. The number of hydrazine groups is 1. The Labute approximate surface area is 157 Å². The quantitative estimate of drug-likeness (QED) is 0.375. The lowest BCUT2D eigenvalue weighted by Gasteiger charge is -2.24. The molecule has 0 aromatic carbocycles. The SMILES string of the molecule is CN/C=C(\C=N)c1ccc(N)c(N(Cc2ccc3ncccc3n2)NC)n1. The molecular weight excluding hydrogens is 340 g/mol. The number of rotatable bonds is 7. The maximum Gasteiger partial charge on any atom is 0.167 e. The summed E-state index contributed by atoms with van der Waals surface area (Å²) in [7, 11) is 3.58. The molecule has 0 fully saturated rings. The summed E-state index contributed by atoms with van der Waals surface area (Å²) in [6.45, 7) is 0.470. The van der Waals surface area contributed by atoms with E-state index >= 15 is 0 Å². The van der Waals surface area contributed by atoms with E-state index in [0.29, 0.717) is 29.3 Å². The molecule has 0 radical (unpaired) electrons. The summed E-state index contributed by atoms with van der Waals surface area (Å²) in [6, 6.07) is 11.3. The van der Waals surface area contributed by atoms with Crippen LogP contribution < -0.4 is 21.5 Å². The highest BCUT2D eigenvalue weighted by atomic mass is 15.5. The number of allylic oxidation sites excluding steroid dienone is 1. The first-order valence-corrected chi connectivity index (χ1v) is 8.46. The highest BCUT2D eigenvalue weighted by Gasteiger charge is 2.14. The van der Waals surface area contributed by atoms with E-state index in [1.165, 1.54) is 6.21 Å². The molecule has 3 aromatic heterocycles. The largest absolute Gasteiger partial charge is 0.396 e. The van der Waals surface area contributed by atoms with Crippen molar-refractivity contribution in [3.05, 3.63) is 60.2 Å². The monoisotopic (exact) mass is 362 g/mol. The van der Waals surface area contributed by atoms with Gasteiger partial charge < -0.3 is 16.5 Å². The smallest absolute Gasteiger partial charge is 0.167 e. The van der Waals surface area contributed by atoms with Crippen LogP contribution in [0.1, 0.15) is 11.4 Å². The molecule has 3 aromatic rings. The molecule has 138 valence electrons. The third kappa shape index (κ3) is 4.01. The lowest BCUT2D eigenvalue weighted by atomic mass is 10.2. The number of nitrogen functional groups attached to an aromatic ring is 1. The minimum Gasteiger partial charge on any atom is -0.396 e. The molecule has 5 N–H and O–H groups in total. The third-order valence-corrected chi connectivity index (χ3v) is 4.02. The van der Waals surface area contributed by atoms with E-state index in [0.717, 1.165) is 16.7 Å². The van der Waals surface area contributed by atoms with Gasteiger partial charge in [-0.1, -0.05) is 0 Å². The van der Waals surface area contributed by atoms with Crippen LogP contribution in [0.4, 0.5) is 11.5 Å². The molecule has 0 aliphatic heterocycles. The van der Waals surface area contributed by atoms with Gasteiger partial charge in [-0.05, 0) is 36.4 Å². The van der Waals surface area contributed by atoms with Crippen LogP contribution in [0.2, 0.25) is 0 Å². The number of aromatic nitrogens is 3. The molecule has 0 saturated carbocycles. The van der Waals surface area contributed by atoms with Gasteiger partial charge in [-0.15, -0.1) is 0 Å². The Morgan fingerprint density at radius 3 is 2.74 bits per heavy atom. The van der Waals surface area contributed by atoms with Crippen molar-refractivity contribution in [2.45, 2.75) is 6.54 Å². The van der Waals surface area contributed by atoms with Gasteiger partial charge in [0.1, 0.15) is 0 Å². The Hall–Kier alpha value is -3.52. The van der Waals surface area contributed by atoms with Crippen molar-refractivity contribution in [3.63, 3.8) is 0 Å². The molecular formula is C19H22N8. The van der Waals surface area contributed by atoms with E-state index in [4.69, 9.17) is 11.1 Å². The molecule has 3 rings (SSSR count). The Balaban J connectivity index is 1.94. The molecule has 8 nitrogen and oxygen atoms in total. The van der Waals surface area contributed by atoms with E-state index in [-0.39, 0.29) is 0 Å². The van der Waals surface area contributed by atoms with Crippen molar-refractivity contribution in [2.75, 3.05) is 24.8 Å². The first kappa shape index (κ1) is 18.3. The maximum atomic E-state index is 7.58. The minimum atomic E-state index is 0.470. The van der Waals surface area contributed by atoms with Crippen LogP contribution in [0, 0.1) is 5.41 Å². The molecule has 0 atom stereocenters. The Kier molecular flexibility index (Phi) is 5.58. The summed E-state index contributed by atoms with van der Waals surface area (Å²) < 4.78 is 0. The number of hydrogen-bond acceptors (Lipinski definition) is 8. The average molecular weight is 362 g/mol. The number of pyridine rings is 3. The normalized spacial score (nSPS) is 11.4. The summed E-state index contributed by atoms with van der Waals surface area (Å²) in [5, 5.41) is 12.3. The number of nitrogens with two attached hydrogens (primary N) is 1. The second-order valence-electron chi connectivity index (χ2n) is 5.80. The lowest BCUT2D eigenvalue weighted by Crippen LogP contribution is -2.36. The zero-order chi connectivity index (χ0) is 19.2. The molecule has 0 saturated heterocycles. The van der Waals surface area contributed by atoms with Crippen molar-refractivity contribution in [1.82, 2.24) is 25.7 Å². The van der Waals surface area contributed by atoms with Crippen LogP contribution in [0.15, 0.2) is 48.8 Å². The van der Waals surface area contributed by atoms with E-state index in [9.17, 15) is 0 Å². The van der Waals surface area contributed by atoms with Crippen molar-refractivity contribution in [3.8, 4) is 0 Å². The minimum absolute atomic E-state index is 0.470. The molecule has 3 heterocycles. The summed E-state index contributed by atoms with van der Waals surface area (Å²) in [6.07, 6.45) is 4.72. The molecule has 0 spiro atoms. The third-order valence-electron chi connectivity index (χ3n) is 4.02. The van der Waals surface area contributed by atoms with Gasteiger partial charge in [-0.3, -0.25) is 9.99 Å². The lowest BCUT2D eigenvalue weighted by molar-refractivity contribution is 0.682. The second kappa shape index (κ2) is 8.24. The summed E-state index contributed by atoms with van der Waals surface area (Å²) in [5.74, 6) is 0.576. The van der Waals surface area contributed by atoms with Crippen LogP contribution in [-0.4, -0.2) is 35.3 Å². The summed E-state index contributed by atoms with van der Waals surface area (Å²) >= 11 is 0. The molecule has 0 aliphatic rings. The Morgan fingerprint density at radius 1 is 1.15 bits per heavy atom. The van der Waals surface area contributed by atoms with Crippen LogP contribution in [0.3, 0.4) is 0 Å². The van der Waals surface area contributed by atoms with Crippen molar-refractivity contribution in [2.24, 2.45) is 0 Å². The number of nitrogens with zero attached hydrogens (tertiary/aromatic N) is 4. The van der Waals surface area contributed by atoms with Gasteiger partial charge in [0, 0.05) is 38.3 Å². The zero-order valence-electron chi connectivity index (χ0n) is 15.3. The van der Waals surface area contributed by atoms with Gasteiger partial charge >= 0.3 is 0 Å². The molecule has 0 unspecified atom stereocenters. The zero-order valence-corrected chi connectivity index (χ0v) is 15.3. The fourth-order valence-corrected chi connectivity index (χ4v) is 2.69. The highest BCUT2D eigenvalue weighted by molar-refractivity contribution is 6.07. The van der Waals surface area contributed by atoms with Crippen LogP contribution in [0.5, 0.6) is 0 Å². The van der Waals surface area contributed by atoms with E-state index in [1.54, 1.807) is 38.6 Å². The van der Waals surface area contributed by atoms with Crippen molar-refractivity contribution in [1.29, 1.82) is 5.41 Å². The van der Waals surface area contributed by atoms with Crippen LogP contribution >= 0.6 is 0 Å². The maximum absolute atomic E-state index is 7.58. The van der Waals surface area contributed by atoms with Crippen LogP contribution in [0.25, 0.3) is 16.6 Å². The van der Waals surface area contributed by atoms with E-state index in [1.807, 2.05) is 29.3 Å². The fourth-order valence-electron chi connectivity index (χ4n) is 2.69. The predicted molar refractivity (Wildman–Crippen MR) is 109 cm³/mol. The first-order chi connectivity index (χ1) is 13.2. The molecule has 0 aliphatic carbocycles. The van der Waals surface area contributed by atoms with Crippen molar-refractivity contribution >= 4 is 34.3 Å². The van der Waals surface area contributed by atoms with E-state index in [2.05, 4.69) is 25.7 Å². The van der Waals surface area contributed by atoms with Gasteiger partial charge in [-0.2, -0.15) is 0 Å². The van der Waals surface area contributed by atoms with Gasteiger partial charge in [0.2, 0.25) is 0 Å². The molecule has 8 heteroatoms. The molecule has 0 amide bonds. The van der Waals surface area contributed by atoms with Gasteiger partial charge in [0.15, 0.2) is 5.82 Å². The van der Waals surface area contributed by atoms with Gasteiger partial charge in [0.25, 0.3) is 0 Å². The topological polar surface area (TPSA) is 116 Å². The number of fused-ring (bicyclic) bond motifs is 1. The number of anilines is 2. The number of hydrogen-bond donors (Lipinski definition) is 4. The number of nitrogens with one attached hydrogen (secondary N) is 3.